The third-order valence-electron chi connectivity index (χ3n) is 5.04. The molecule has 1 nitrogen and oxygen atoms in total. The molecule has 112 valence electrons. The summed E-state index contributed by atoms with van der Waals surface area (Å²) in [4.78, 5) is 0. The van der Waals surface area contributed by atoms with E-state index in [-0.39, 0.29) is 0 Å². The number of rotatable bonds is 7. The van der Waals surface area contributed by atoms with Gasteiger partial charge in [-0.2, -0.15) is 0 Å². The second-order valence-electron chi connectivity index (χ2n) is 6.50. The fourth-order valence-corrected chi connectivity index (χ4v) is 3.94. The summed E-state index contributed by atoms with van der Waals surface area (Å²) in [6.45, 7) is 2.33. The Bertz CT molecular complexity index is 359. The van der Waals surface area contributed by atoms with Gasteiger partial charge in [0, 0.05) is 6.04 Å². The Labute approximate surface area is 125 Å². The highest BCUT2D eigenvalue weighted by atomic mass is 14.9. The monoisotopic (exact) mass is 273 g/mol. The number of hydrogen-bond donors (Lipinski definition) is 1. The molecule has 1 aromatic carbocycles. The van der Waals surface area contributed by atoms with E-state index in [1.807, 2.05) is 0 Å². The van der Waals surface area contributed by atoms with Crippen molar-refractivity contribution in [3.8, 4) is 0 Å². The van der Waals surface area contributed by atoms with Gasteiger partial charge in [-0.1, -0.05) is 50.1 Å². The Balaban J connectivity index is 1.79. The molecule has 1 heteroatoms. The molecule has 3 unspecified atom stereocenters. The summed E-state index contributed by atoms with van der Waals surface area (Å²) < 4.78 is 0. The highest BCUT2D eigenvalue weighted by molar-refractivity contribution is 5.14. The molecule has 1 fully saturated rings. The maximum atomic E-state index is 3.57. The van der Waals surface area contributed by atoms with Crippen LogP contribution < -0.4 is 5.32 Å². The lowest BCUT2D eigenvalue weighted by atomic mass is 9.74. The maximum Gasteiger partial charge on any atom is 0.00925 e. The minimum Gasteiger partial charge on any atom is -0.317 e. The predicted octanol–water partition coefficient (Wildman–Crippen LogP) is 4.81. The third-order valence-corrected chi connectivity index (χ3v) is 5.04. The molecule has 0 bridgehead atoms. The van der Waals surface area contributed by atoms with E-state index in [0.717, 1.165) is 17.9 Å². The van der Waals surface area contributed by atoms with Gasteiger partial charge in [-0.3, -0.25) is 0 Å². The molecule has 2 rings (SSSR count). The van der Waals surface area contributed by atoms with Crippen LogP contribution in [0.5, 0.6) is 0 Å². The van der Waals surface area contributed by atoms with Crippen molar-refractivity contribution in [3.63, 3.8) is 0 Å². The van der Waals surface area contributed by atoms with Gasteiger partial charge in [0.2, 0.25) is 0 Å². The van der Waals surface area contributed by atoms with Crippen LogP contribution in [0, 0.1) is 11.8 Å². The van der Waals surface area contributed by atoms with Crippen LogP contribution in [-0.4, -0.2) is 13.1 Å². The Morgan fingerprint density at radius 1 is 1.10 bits per heavy atom. The van der Waals surface area contributed by atoms with Crippen LogP contribution in [0.3, 0.4) is 0 Å². The molecule has 0 radical (unpaired) electrons. The van der Waals surface area contributed by atoms with Crippen LogP contribution in [0.4, 0.5) is 0 Å². The zero-order chi connectivity index (χ0) is 14.2. The number of nitrogens with one attached hydrogen (secondary N) is 1. The lowest BCUT2D eigenvalue weighted by Crippen LogP contribution is -2.38. The van der Waals surface area contributed by atoms with Crippen molar-refractivity contribution >= 4 is 0 Å². The molecule has 0 aromatic heterocycles. The first-order chi connectivity index (χ1) is 9.83. The summed E-state index contributed by atoms with van der Waals surface area (Å²) in [5.74, 6) is 1.89. The number of aryl methyl sites for hydroxylation is 1. The minimum absolute atomic E-state index is 0.763. The first kappa shape index (κ1) is 15.6. The molecule has 0 spiro atoms. The predicted molar refractivity (Wildman–Crippen MR) is 88.0 cm³/mol. The van der Waals surface area contributed by atoms with E-state index in [2.05, 4.69) is 49.6 Å². The van der Waals surface area contributed by atoms with E-state index in [9.17, 15) is 0 Å². The summed E-state index contributed by atoms with van der Waals surface area (Å²) >= 11 is 0. The van der Waals surface area contributed by atoms with Gasteiger partial charge in [0.1, 0.15) is 0 Å². The molecule has 20 heavy (non-hydrogen) atoms. The van der Waals surface area contributed by atoms with E-state index in [1.165, 1.54) is 56.9 Å². The zero-order valence-corrected chi connectivity index (χ0v) is 13.3. The van der Waals surface area contributed by atoms with E-state index < -0.39 is 0 Å². The van der Waals surface area contributed by atoms with Crippen molar-refractivity contribution in [1.82, 2.24) is 5.32 Å². The smallest absolute Gasteiger partial charge is 0.00925 e. The zero-order valence-electron chi connectivity index (χ0n) is 13.3. The van der Waals surface area contributed by atoms with Gasteiger partial charge in [0.15, 0.2) is 0 Å². The lowest BCUT2D eigenvalue weighted by Gasteiger charge is -2.36. The molecule has 1 aliphatic rings. The fourth-order valence-electron chi connectivity index (χ4n) is 3.94. The average Bonchev–Trinajstić information content (AvgIpc) is 2.49. The molecular weight excluding hydrogens is 242 g/mol. The quantitative estimate of drug-likeness (QED) is 0.751. The van der Waals surface area contributed by atoms with Crippen molar-refractivity contribution in [2.24, 2.45) is 11.8 Å². The summed E-state index contributed by atoms with van der Waals surface area (Å²) in [7, 11) is 2.15. The summed E-state index contributed by atoms with van der Waals surface area (Å²) in [5.41, 5.74) is 1.49. The van der Waals surface area contributed by atoms with E-state index >= 15 is 0 Å². The summed E-state index contributed by atoms with van der Waals surface area (Å²) in [6.07, 6.45) is 11.0. The second-order valence-corrected chi connectivity index (χ2v) is 6.50. The number of benzene rings is 1. The van der Waals surface area contributed by atoms with E-state index in [0.29, 0.717) is 0 Å². The maximum absolute atomic E-state index is 3.57. The van der Waals surface area contributed by atoms with Gasteiger partial charge in [-0.15, -0.1) is 0 Å². The Kier molecular flexibility index (Phi) is 6.59. The molecular formula is C19H31N. The van der Waals surface area contributed by atoms with Crippen molar-refractivity contribution in [1.29, 1.82) is 0 Å². The highest BCUT2D eigenvalue weighted by Gasteiger charge is 2.28. The van der Waals surface area contributed by atoms with Gasteiger partial charge in [-0.25, -0.2) is 0 Å². The van der Waals surface area contributed by atoms with Crippen LogP contribution >= 0.6 is 0 Å². The Hall–Kier alpha value is -0.820. The fraction of sp³-hybridized carbons (Fsp3) is 0.684. The molecule has 0 amide bonds. The molecule has 0 saturated heterocycles. The molecule has 1 N–H and O–H groups in total. The van der Waals surface area contributed by atoms with Crippen molar-refractivity contribution in [2.45, 2.75) is 64.3 Å². The first-order valence-corrected chi connectivity index (χ1v) is 8.54. The largest absolute Gasteiger partial charge is 0.317 e. The summed E-state index contributed by atoms with van der Waals surface area (Å²) in [6, 6.07) is 11.7. The SMILES string of the molecule is CCCC1CCC(NC)C(CCCc2ccccc2)C1. The van der Waals surface area contributed by atoms with E-state index in [1.54, 1.807) is 0 Å². The highest BCUT2D eigenvalue weighted by Crippen LogP contribution is 2.34. The standard InChI is InChI=1S/C19H31N/c1-3-8-17-13-14-19(20-2)18(15-17)12-7-11-16-9-5-4-6-10-16/h4-6,9-10,17-20H,3,7-8,11-15H2,1-2H3. The third kappa shape index (κ3) is 4.63. The molecule has 1 saturated carbocycles. The van der Waals surface area contributed by atoms with Crippen molar-refractivity contribution < 1.29 is 0 Å². The number of hydrogen-bond acceptors (Lipinski definition) is 1. The minimum atomic E-state index is 0.763. The van der Waals surface area contributed by atoms with Crippen LogP contribution in [0.15, 0.2) is 30.3 Å². The first-order valence-electron chi connectivity index (χ1n) is 8.54. The van der Waals surface area contributed by atoms with Crippen molar-refractivity contribution in [2.75, 3.05) is 7.05 Å². The van der Waals surface area contributed by atoms with Crippen LogP contribution in [0.2, 0.25) is 0 Å². The normalized spacial score (nSPS) is 26.6. The van der Waals surface area contributed by atoms with Gasteiger partial charge in [-0.05, 0) is 63.0 Å². The summed E-state index contributed by atoms with van der Waals surface area (Å²) in [5, 5.41) is 3.57. The molecule has 0 aliphatic heterocycles. The molecule has 3 atom stereocenters. The van der Waals surface area contributed by atoms with Crippen LogP contribution in [-0.2, 0) is 6.42 Å². The van der Waals surface area contributed by atoms with Gasteiger partial charge >= 0.3 is 0 Å². The van der Waals surface area contributed by atoms with Crippen molar-refractivity contribution in [3.05, 3.63) is 35.9 Å². The van der Waals surface area contributed by atoms with Crippen LogP contribution in [0.1, 0.15) is 57.4 Å². The second kappa shape index (κ2) is 8.46. The van der Waals surface area contributed by atoms with Crippen LogP contribution in [0.25, 0.3) is 0 Å². The van der Waals surface area contributed by atoms with E-state index in [4.69, 9.17) is 0 Å². The topological polar surface area (TPSA) is 12.0 Å². The molecule has 1 aliphatic carbocycles. The lowest BCUT2D eigenvalue weighted by molar-refractivity contribution is 0.189. The Morgan fingerprint density at radius 2 is 1.90 bits per heavy atom. The van der Waals surface area contributed by atoms with Gasteiger partial charge < -0.3 is 5.32 Å². The van der Waals surface area contributed by atoms with Gasteiger partial charge in [0.05, 0.1) is 0 Å². The molecule has 1 aromatic rings. The Morgan fingerprint density at radius 3 is 2.60 bits per heavy atom. The molecule has 0 heterocycles. The van der Waals surface area contributed by atoms with Gasteiger partial charge in [0.25, 0.3) is 0 Å². The average molecular weight is 273 g/mol.